The summed E-state index contributed by atoms with van der Waals surface area (Å²) in [6, 6.07) is -2.61. The molecule has 8 nitrogen and oxygen atoms in total. The van der Waals surface area contributed by atoms with E-state index in [0.29, 0.717) is 0 Å². The van der Waals surface area contributed by atoms with Crippen molar-refractivity contribution in [3.05, 3.63) is 0 Å². The second-order valence-electron chi connectivity index (χ2n) is 7.69. The molecule has 0 aliphatic heterocycles. The molecule has 0 aromatic carbocycles. The van der Waals surface area contributed by atoms with Crippen LogP contribution in [0.5, 0.6) is 0 Å². The zero-order chi connectivity index (χ0) is 27.1. The maximum atomic E-state index is 12.4. The highest BCUT2D eigenvalue weighted by atomic mass is 33.1. The Kier molecular flexibility index (Phi) is 7.19. The first kappa shape index (κ1) is 17.4. The topological polar surface area (TPSA) is 111 Å². The van der Waals surface area contributed by atoms with Crippen molar-refractivity contribution < 1.29 is 36.9 Å². The molecule has 0 saturated heterocycles. The molecule has 0 fully saturated rings. The van der Waals surface area contributed by atoms with E-state index in [0.717, 1.165) is 21.6 Å². The maximum Gasteiger partial charge on any atom is 0.330 e. The second-order valence-corrected chi connectivity index (χ2v) is 10.2. The minimum absolute atomic E-state index is 0.129. The van der Waals surface area contributed by atoms with Crippen LogP contribution in [0.1, 0.15) is 63.5 Å². The van der Waals surface area contributed by atoms with Gasteiger partial charge in [0.15, 0.2) is 0 Å². The summed E-state index contributed by atoms with van der Waals surface area (Å²) in [4.78, 5) is 48.6. The smallest absolute Gasteiger partial charge is 0.330 e. The van der Waals surface area contributed by atoms with Gasteiger partial charge >= 0.3 is 11.9 Å². The number of carbonyl (C=O) groups is 4. The molecule has 0 aliphatic rings. The minimum atomic E-state index is -2.97. The van der Waals surface area contributed by atoms with Gasteiger partial charge in [-0.2, -0.15) is 0 Å². The Morgan fingerprint density at radius 1 is 0.786 bits per heavy atom. The third-order valence-corrected chi connectivity index (χ3v) is 4.97. The summed E-state index contributed by atoms with van der Waals surface area (Å²) >= 11 is 0. The molecule has 162 valence electrons. The highest BCUT2D eigenvalue weighted by molar-refractivity contribution is 8.76. The van der Waals surface area contributed by atoms with Crippen molar-refractivity contribution in [2.75, 3.05) is 11.5 Å². The quantitative estimate of drug-likeness (QED) is 0.317. The molecule has 0 heterocycles. The average Bonchev–Trinajstić information content (AvgIpc) is 2.57. The predicted molar refractivity (Wildman–Crippen MR) is 112 cm³/mol. The largest absolute Gasteiger partial charge is 0.458 e. The van der Waals surface area contributed by atoms with Crippen molar-refractivity contribution in [1.82, 2.24) is 10.6 Å². The fraction of sp³-hybridized carbons (Fsp3) is 0.778. The van der Waals surface area contributed by atoms with Gasteiger partial charge in [0.1, 0.15) is 23.3 Å². The lowest BCUT2D eigenvalue weighted by Gasteiger charge is -2.25. The molecule has 0 rings (SSSR count). The number of amides is 2. The van der Waals surface area contributed by atoms with Gasteiger partial charge in [0.25, 0.3) is 0 Å². The molecule has 0 radical (unpaired) electrons. The first-order chi connectivity index (χ1) is 15.0. The van der Waals surface area contributed by atoms with E-state index in [4.69, 9.17) is 17.7 Å². The summed E-state index contributed by atoms with van der Waals surface area (Å²) in [7, 11) is 1.97. The summed E-state index contributed by atoms with van der Waals surface area (Å²) in [5.41, 5.74) is -1.78. The molecule has 0 unspecified atom stereocenters. The van der Waals surface area contributed by atoms with Crippen LogP contribution in [-0.4, -0.2) is 58.5 Å². The van der Waals surface area contributed by atoms with Crippen molar-refractivity contribution in [1.29, 1.82) is 0 Å². The van der Waals surface area contributed by atoms with Gasteiger partial charge in [-0.1, -0.05) is 21.6 Å². The molecule has 0 aromatic rings. The normalized spacial score (nSPS) is 17.9. The first-order valence-corrected chi connectivity index (χ1v) is 10.8. The first-order valence-electron chi connectivity index (χ1n) is 11.3. The van der Waals surface area contributed by atoms with Crippen molar-refractivity contribution >= 4 is 45.3 Å². The summed E-state index contributed by atoms with van der Waals surface area (Å²) < 4.78 is 53.5. The lowest BCUT2D eigenvalue weighted by Crippen LogP contribution is -2.45. The zero-order valence-electron chi connectivity index (χ0n) is 22.8. The zero-order valence-corrected chi connectivity index (χ0v) is 18.5. The van der Waals surface area contributed by atoms with E-state index < -0.39 is 60.7 Å². The van der Waals surface area contributed by atoms with Gasteiger partial charge in [-0.15, -0.1) is 0 Å². The molecule has 2 atom stereocenters. The molecule has 0 aliphatic carbocycles. The predicted octanol–water partition coefficient (Wildman–Crippen LogP) is 2.06. The van der Waals surface area contributed by atoms with Gasteiger partial charge in [0, 0.05) is 33.4 Å². The minimum Gasteiger partial charge on any atom is -0.458 e. The van der Waals surface area contributed by atoms with Gasteiger partial charge in [0.2, 0.25) is 11.8 Å². The molecule has 0 aromatic heterocycles. The van der Waals surface area contributed by atoms with E-state index in [1.54, 1.807) is 41.5 Å². The Bertz CT molecular complexity index is 685. The summed E-state index contributed by atoms with van der Waals surface area (Å²) in [6.45, 7) is 3.69. The number of rotatable bonds is 9. The Morgan fingerprint density at radius 2 is 1.11 bits per heavy atom. The van der Waals surface area contributed by atoms with E-state index in [1.165, 1.54) is 0 Å². The van der Waals surface area contributed by atoms with E-state index in [-0.39, 0.29) is 11.5 Å². The summed E-state index contributed by atoms with van der Waals surface area (Å²) in [5.74, 6) is -4.61. The fourth-order valence-corrected chi connectivity index (χ4v) is 3.93. The number of esters is 2. The Hall–Kier alpha value is -1.42. The monoisotopic (exact) mass is 442 g/mol. The van der Waals surface area contributed by atoms with E-state index in [9.17, 15) is 19.2 Å². The van der Waals surface area contributed by atoms with Crippen LogP contribution in [0.2, 0.25) is 0 Å². The van der Waals surface area contributed by atoms with Crippen LogP contribution in [-0.2, 0) is 28.7 Å². The summed E-state index contributed by atoms with van der Waals surface area (Å²) in [5, 5.41) is 4.26. The van der Waals surface area contributed by atoms with Crippen molar-refractivity contribution in [3.8, 4) is 0 Å². The molecule has 0 spiro atoms. The molecule has 0 saturated carbocycles. The number of hydrogen-bond donors (Lipinski definition) is 2. The van der Waals surface area contributed by atoms with Crippen LogP contribution in [0.3, 0.4) is 0 Å². The van der Waals surface area contributed by atoms with Crippen LogP contribution in [0.25, 0.3) is 0 Å². The Morgan fingerprint density at radius 3 is 1.36 bits per heavy atom. The van der Waals surface area contributed by atoms with Crippen LogP contribution in [0.4, 0.5) is 0 Å². The highest BCUT2D eigenvalue weighted by Crippen LogP contribution is 2.24. The molecule has 2 amide bonds. The standard InChI is InChI=1S/C18H32N2O6S2/c1-11(21)19-13(15(23)25-17(3,4)5)9-27-28-10-14(20-12(2)22)16(24)26-18(6,7)8/h13-14H,9-10H2,1-8H3,(H,19,21)(H,20,22)/t13-,14-/m0/s1/i1D3,2D3. The van der Waals surface area contributed by atoms with Gasteiger partial charge in [0.05, 0.1) is 0 Å². The van der Waals surface area contributed by atoms with Crippen LogP contribution in [0, 0.1) is 0 Å². The molecule has 2 N–H and O–H groups in total. The number of hydrogen-bond acceptors (Lipinski definition) is 8. The van der Waals surface area contributed by atoms with E-state index in [2.05, 4.69) is 10.6 Å². The Balaban J connectivity index is 5.29. The maximum absolute atomic E-state index is 12.4. The van der Waals surface area contributed by atoms with Crippen LogP contribution in [0.15, 0.2) is 0 Å². The third-order valence-electron chi connectivity index (χ3n) is 2.55. The van der Waals surface area contributed by atoms with Crippen LogP contribution >= 0.6 is 21.6 Å². The molecular formula is C18H32N2O6S2. The number of nitrogens with one attached hydrogen (secondary N) is 2. The van der Waals surface area contributed by atoms with Gasteiger partial charge in [-0.25, -0.2) is 9.59 Å². The van der Waals surface area contributed by atoms with E-state index >= 15 is 0 Å². The van der Waals surface area contributed by atoms with Gasteiger partial charge in [-0.3, -0.25) is 9.59 Å². The van der Waals surface area contributed by atoms with Gasteiger partial charge < -0.3 is 20.1 Å². The molecule has 0 bridgehead atoms. The van der Waals surface area contributed by atoms with Crippen molar-refractivity contribution in [3.63, 3.8) is 0 Å². The highest BCUT2D eigenvalue weighted by Gasteiger charge is 2.28. The van der Waals surface area contributed by atoms with Gasteiger partial charge in [-0.05, 0) is 41.5 Å². The number of carbonyl (C=O) groups excluding carboxylic acids is 4. The number of ether oxygens (including phenoxy) is 2. The molecular weight excluding hydrogens is 404 g/mol. The van der Waals surface area contributed by atoms with Crippen LogP contribution < -0.4 is 10.6 Å². The third kappa shape index (κ3) is 13.7. The van der Waals surface area contributed by atoms with Crippen molar-refractivity contribution in [2.45, 2.75) is 78.5 Å². The molecule has 28 heavy (non-hydrogen) atoms. The van der Waals surface area contributed by atoms with E-state index in [1.807, 2.05) is 0 Å². The lowest BCUT2D eigenvalue weighted by atomic mass is 10.2. The molecule has 10 heteroatoms. The Labute approximate surface area is 183 Å². The SMILES string of the molecule is [2H]C([2H])([2H])C(=O)N[C@@H](CSSC[C@H](NC(=O)C([2H])([2H])[2H])C(=O)OC(C)(C)C)C(=O)OC(C)(C)C. The fourth-order valence-electron chi connectivity index (χ4n) is 1.63. The average molecular weight is 443 g/mol. The second kappa shape index (κ2) is 11.5. The lowest BCUT2D eigenvalue weighted by molar-refractivity contribution is -0.158. The van der Waals surface area contributed by atoms with Crippen molar-refractivity contribution in [2.24, 2.45) is 0 Å². The summed E-state index contributed by atoms with van der Waals surface area (Å²) in [6.07, 6.45) is 0.